The number of hydrogen-bond donors (Lipinski definition) is 2. The Balaban J connectivity index is 2.05. The van der Waals surface area contributed by atoms with Crippen molar-refractivity contribution in [1.29, 1.82) is 0 Å². The molecule has 4 atom stereocenters. The van der Waals surface area contributed by atoms with Gasteiger partial charge in [0.1, 0.15) is 0 Å². The molecule has 1 aliphatic carbocycles. The van der Waals surface area contributed by atoms with Crippen LogP contribution in [0.3, 0.4) is 0 Å². The first-order valence-electron chi connectivity index (χ1n) is 6.36. The number of piperidine rings is 1. The molecule has 0 bridgehead atoms. The lowest BCUT2D eigenvalue weighted by molar-refractivity contribution is 0.0283. The van der Waals surface area contributed by atoms with E-state index in [-0.39, 0.29) is 18.7 Å². The lowest BCUT2D eigenvalue weighted by Crippen LogP contribution is -2.55. The standard InChI is InChI=1S/C12H24N2O/c1-9(13)12(8-15)14-7-3-5-10-4-2-6-11(10)14/h9-12,15H,2-8,13H2,1H3. The van der Waals surface area contributed by atoms with Gasteiger partial charge in [0.05, 0.1) is 6.61 Å². The van der Waals surface area contributed by atoms with E-state index < -0.39 is 0 Å². The molecule has 0 spiro atoms. The van der Waals surface area contributed by atoms with Crippen LogP contribution in [0.1, 0.15) is 39.0 Å². The quantitative estimate of drug-likeness (QED) is 0.732. The molecule has 2 aliphatic rings. The van der Waals surface area contributed by atoms with Gasteiger partial charge in [0, 0.05) is 18.1 Å². The van der Waals surface area contributed by atoms with Gasteiger partial charge in [-0.3, -0.25) is 4.90 Å². The van der Waals surface area contributed by atoms with Gasteiger partial charge in [0.15, 0.2) is 0 Å². The Hall–Kier alpha value is -0.120. The Labute approximate surface area is 92.6 Å². The SMILES string of the molecule is CC(N)C(CO)N1CCCC2CCCC21. The number of likely N-dealkylation sites (tertiary alicyclic amines) is 1. The molecule has 1 heterocycles. The lowest BCUT2D eigenvalue weighted by Gasteiger charge is -2.43. The van der Waals surface area contributed by atoms with E-state index in [1.807, 2.05) is 6.92 Å². The highest BCUT2D eigenvalue weighted by Crippen LogP contribution is 2.37. The molecule has 1 saturated heterocycles. The van der Waals surface area contributed by atoms with E-state index in [1.54, 1.807) is 0 Å². The Kier molecular flexibility index (Phi) is 3.65. The highest BCUT2D eigenvalue weighted by Gasteiger charge is 2.38. The van der Waals surface area contributed by atoms with E-state index in [4.69, 9.17) is 5.73 Å². The Morgan fingerprint density at radius 1 is 1.33 bits per heavy atom. The maximum absolute atomic E-state index is 9.45. The monoisotopic (exact) mass is 212 g/mol. The Bertz CT molecular complexity index is 206. The fourth-order valence-electron chi connectivity index (χ4n) is 3.48. The van der Waals surface area contributed by atoms with Crippen molar-refractivity contribution < 1.29 is 5.11 Å². The van der Waals surface area contributed by atoms with Crippen LogP contribution in [0.15, 0.2) is 0 Å². The molecule has 2 rings (SSSR count). The van der Waals surface area contributed by atoms with Crippen LogP contribution in [0.25, 0.3) is 0 Å². The zero-order chi connectivity index (χ0) is 10.8. The maximum atomic E-state index is 9.45. The summed E-state index contributed by atoms with van der Waals surface area (Å²) in [5.41, 5.74) is 5.96. The highest BCUT2D eigenvalue weighted by molar-refractivity contribution is 4.93. The van der Waals surface area contributed by atoms with E-state index in [2.05, 4.69) is 4.90 Å². The van der Waals surface area contributed by atoms with E-state index >= 15 is 0 Å². The average molecular weight is 212 g/mol. The van der Waals surface area contributed by atoms with E-state index in [1.165, 1.54) is 32.1 Å². The molecular formula is C12H24N2O. The van der Waals surface area contributed by atoms with Gasteiger partial charge in [-0.15, -0.1) is 0 Å². The van der Waals surface area contributed by atoms with Crippen molar-refractivity contribution >= 4 is 0 Å². The van der Waals surface area contributed by atoms with Gasteiger partial charge in [-0.25, -0.2) is 0 Å². The number of nitrogens with zero attached hydrogens (tertiary/aromatic N) is 1. The number of nitrogens with two attached hydrogens (primary N) is 1. The summed E-state index contributed by atoms with van der Waals surface area (Å²) in [5.74, 6) is 0.881. The summed E-state index contributed by atoms with van der Waals surface area (Å²) in [6.07, 6.45) is 6.73. The molecule has 1 aliphatic heterocycles. The summed E-state index contributed by atoms with van der Waals surface area (Å²) in [5, 5.41) is 9.45. The summed E-state index contributed by atoms with van der Waals surface area (Å²) in [4.78, 5) is 2.49. The first-order chi connectivity index (χ1) is 7.24. The van der Waals surface area contributed by atoms with Gasteiger partial charge in [-0.2, -0.15) is 0 Å². The number of fused-ring (bicyclic) bond motifs is 1. The average Bonchev–Trinajstić information content (AvgIpc) is 2.66. The summed E-state index contributed by atoms with van der Waals surface area (Å²) < 4.78 is 0. The number of rotatable bonds is 3. The highest BCUT2D eigenvalue weighted by atomic mass is 16.3. The Morgan fingerprint density at radius 3 is 2.73 bits per heavy atom. The van der Waals surface area contributed by atoms with Crippen LogP contribution in [-0.4, -0.2) is 41.3 Å². The van der Waals surface area contributed by atoms with Crippen LogP contribution in [0.2, 0.25) is 0 Å². The van der Waals surface area contributed by atoms with Crippen LogP contribution in [0.5, 0.6) is 0 Å². The van der Waals surface area contributed by atoms with E-state index in [9.17, 15) is 5.11 Å². The maximum Gasteiger partial charge on any atom is 0.0601 e. The molecule has 15 heavy (non-hydrogen) atoms. The minimum atomic E-state index is 0.0781. The zero-order valence-corrected chi connectivity index (χ0v) is 9.73. The molecule has 4 unspecified atom stereocenters. The van der Waals surface area contributed by atoms with Crippen molar-refractivity contribution in [3.8, 4) is 0 Å². The van der Waals surface area contributed by atoms with Crippen LogP contribution < -0.4 is 5.73 Å². The fraction of sp³-hybridized carbons (Fsp3) is 1.00. The predicted molar refractivity (Wildman–Crippen MR) is 61.6 cm³/mol. The molecule has 0 amide bonds. The smallest absolute Gasteiger partial charge is 0.0601 e. The molecule has 3 nitrogen and oxygen atoms in total. The van der Waals surface area contributed by atoms with Gasteiger partial charge < -0.3 is 10.8 Å². The largest absolute Gasteiger partial charge is 0.395 e. The second-order valence-corrected chi connectivity index (χ2v) is 5.25. The molecule has 0 radical (unpaired) electrons. The Morgan fingerprint density at radius 2 is 2.07 bits per heavy atom. The molecule has 3 N–H and O–H groups in total. The number of hydrogen-bond acceptors (Lipinski definition) is 3. The molecule has 0 aromatic heterocycles. The normalized spacial score (nSPS) is 36.2. The van der Waals surface area contributed by atoms with Gasteiger partial charge in [-0.05, 0) is 45.1 Å². The number of aliphatic hydroxyl groups is 1. The van der Waals surface area contributed by atoms with Crippen LogP contribution >= 0.6 is 0 Å². The summed E-state index contributed by atoms with van der Waals surface area (Å²) in [6.45, 7) is 3.36. The van der Waals surface area contributed by atoms with Crippen LogP contribution in [0.4, 0.5) is 0 Å². The molecular weight excluding hydrogens is 188 g/mol. The third kappa shape index (κ3) is 2.19. The summed E-state index contributed by atoms with van der Waals surface area (Å²) >= 11 is 0. The van der Waals surface area contributed by atoms with Gasteiger partial charge in [0.25, 0.3) is 0 Å². The van der Waals surface area contributed by atoms with Gasteiger partial charge in [-0.1, -0.05) is 6.42 Å². The van der Waals surface area contributed by atoms with Crippen molar-refractivity contribution in [2.24, 2.45) is 11.7 Å². The minimum Gasteiger partial charge on any atom is -0.395 e. The summed E-state index contributed by atoms with van der Waals surface area (Å²) in [6, 6.07) is 0.965. The molecule has 0 aromatic rings. The van der Waals surface area contributed by atoms with Crippen molar-refractivity contribution in [2.75, 3.05) is 13.2 Å². The molecule has 88 valence electrons. The van der Waals surface area contributed by atoms with E-state index in [0.717, 1.165) is 12.5 Å². The fourth-order valence-corrected chi connectivity index (χ4v) is 3.48. The van der Waals surface area contributed by atoms with Crippen molar-refractivity contribution in [3.63, 3.8) is 0 Å². The second-order valence-electron chi connectivity index (χ2n) is 5.25. The second kappa shape index (κ2) is 4.81. The first-order valence-corrected chi connectivity index (χ1v) is 6.36. The molecule has 0 aromatic carbocycles. The van der Waals surface area contributed by atoms with Crippen LogP contribution in [-0.2, 0) is 0 Å². The van der Waals surface area contributed by atoms with Crippen molar-refractivity contribution in [3.05, 3.63) is 0 Å². The predicted octanol–water partition coefficient (Wildman–Crippen LogP) is 0.959. The van der Waals surface area contributed by atoms with Gasteiger partial charge in [0.2, 0.25) is 0 Å². The van der Waals surface area contributed by atoms with Crippen LogP contribution in [0, 0.1) is 5.92 Å². The van der Waals surface area contributed by atoms with Crippen molar-refractivity contribution in [1.82, 2.24) is 4.90 Å². The van der Waals surface area contributed by atoms with Crippen molar-refractivity contribution in [2.45, 2.75) is 57.2 Å². The topological polar surface area (TPSA) is 49.5 Å². The zero-order valence-electron chi connectivity index (χ0n) is 9.73. The molecule has 2 fully saturated rings. The lowest BCUT2D eigenvalue weighted by atomic mass is 9.90. The summed E-state index contributed by atoms with van der Waals surface area (Å²) in [7, 11) is 0. The van der Waals surface area contributed by atoms with E-state index in [0.29, 0.717) is 6.04 Å². The van der Waals surface area contributed by atoms with Gasteiger partial charge >= 0.3 is 0 Å². The molecule has 3 heteroatoms. The third-order valence-electron chi connectivity index (χ3n) is 4.26. The minimum absolute atomic E-state index is 0.0781. The third-order valence-corrected chi connectivity index (χ3v) is 4.26. The number of aliphatic hydroxyl groups excluding tert-OH is 1. The first kappa shape index (κ1) is 11.4. The molecule has 1 saturated carbocycles.